The molecule has 1 aromatic carbocycles. The molecule has 1 aromatic heterocycles. The summed E-state index contributed by atoms with van der Waals surface area (Å²) in [6.45, 7) is 0. The van der Waals surface area contributed by atoms with E-state index in [9.17, 15) is 14.7 Å². The van der Waals surface area contributed by atoms with Crippen molar-refractivity contribution in [3.05, 3.63) is 52.8 Å². The van der Waals surface area contributed by atoms with E-state index in [0.717, 1.165) is 0 Å². The number of phenols is 1. The number of rotatable bonds is 3. The fourth-order valence-electron chi connectivity index (χ4n) is 1.51. The molecular formula is C13H9ClN2O4. The number of pyridine rings is 1. The number of halogens is 1. The number of aromatic hydroxyl groups is 1. The van der Waals surface area contributed by atoms with Gasteiger partial charge in [-0.1, -0.05) is 11.6 Å². The van der Waals surface area contributed by atoms with E-state index in [1.165, 1.54) is 36.5 Å². The second-order valence-corrected chi connectivity index (χ2v) is 4.29. The zero-order valence-electron chi connectivity index (χ0n) is 10.0. The second kappa shape index (κ2) is 5.58. The first kappa shape index (κ1) is 13.8. The molecule has 2 aromatic rings. The number of nitrogens with one attached hydrogen (secondary N) is 1. The minimum Gasteiger partial charge on any atom is -0.507 e. The van der Waals surface area contributed by atoms with Gasteiger partial charge in [0, 0.05) is 16.9 Å². The van der Waals surface area contributed by atoms with E-state index in [1.54, 1.807) is 0 Å². The Labute approximate surface area is 118 Å². The molecule has 0 radical (unpaired) electrons. The largest absolute Gasteiger partial charge is 0.507 e. The Bertz CT molecular complexity index is 688. The highest BCUT2D eigenvalue weighted by atomic mass is 35.5. The number of carbonyl (C=O) groups excluding carboxylic acids is 1. The molecule has 0 spiro atoms. The molecule has 1 heterocycles. The highest BCUT2D eigenvalue weighted by Crippen LogP contribution is 2.22. The molecule has 7 heteroatoms. The number of nitrogens with zero attached hydrogens (tertiary/aromatic N) is 1. The zero-order valence-corrected chi connectivity index (χ0v) is 10.8. The van der Waals surface area contributed by atoms with E-state index in [2.05, 4.69) is 10.3 Å². The van der Waals surface area contributed by atoms with E-state index in [4.69, 9.17) is 16.7 Å². The predicted octanol–water partition coefficient (Wildman–Crippen LogP) is 2.39. The highest BCUT2D eigenvalue weighted by molar-refractivity contribution is 6.31. The van der Waals surface area contributed by atoms with Gasteiger partial charge in [0.25, 0.3) is 5.91 Å². The monoisotopic (exact) mass is 292 g/mol. The third kappa shape index (κ3) is 3.04. The van der Waals surface area contributed by atoms with Gasteiger partial charge < -0.3 is 15.5 Å². The lowest BCUT2D eigenvalue weighted by Gasteiger charge is -2.07. The van der Waals surface area contributed by atoms with Crippen LogP contribution in [0.1, 0.15) is 20.8 Å². The molecule has 0 aliphatic rings. The van der Waals surface area contributed by atoms with Crippen molar-refractivity contribution in [2.75, 3.05) is 5.32 Å². The first-order chi connectivity index (χ1) is 9.47. The third-order valence-electron chi connectivity index (χ3n) is 2.44. The number of anilines is 1. The molecule has 0 saturated carbocycles. The number of phenolic OH excluding ortho intramolecular Hbond substituents is 1. The summed E-state index contributed by atoms with van der Waals surface area (Å²) in [5.41, 5.74) is 0.0473. The molecular weight excluding hydrogens is 284 g/mol. The summed E-state index contributed by atoms with van der Waals surface area (Å²) >= 11 is 5.75. The van der Waals surface area contributed by atoms with Crippen LogP contribution < -0.4 is 5.32 Å². The highest BCUT2D eigenvalue weighted by Gasteiger charge is 2.13. The molecule has 3 N–H and O–H groups in total. The van der Waals surface area contributed by atoms with Crippen molar-refractivity contribution < 1.29 is 19.8 Å². The number of carboxylic acid groups (broad SMARTS) is 1. The molecule has 0 atom stereocenters. The minimum absolute atomic E-state index is 0.00816. The van der Waals surface area contributed by atoms with Gasteiger partial charge in [-0.2, -0.15) is 0 Å². The molecule has 0 aliphatic heterocycles. The molecule has 1 amide bonds. The van der Waals surface area contributed by atoms with E-state index in [-0.39, 0.29) is 22.7 Å². The smallest absolute Gasteiger partial charge is 0.354 e. The van der Waals surface area contributed by atoms with Gasteiger partial charge in [-0.25, -0.2) is 9.78 Å². The van der Waals surface area contributed by atoms with Crippen LogP contribution in [0, 0.1) is 0 Å². The lowest BCUT2D eigenvalue weighted by atomic mass is 10.2. The summed E-state index contributed by atoms with van der Waals surface area (Å²) in [7, 11) is 0. The van der Waals surface area contributed by atoms with Crippen molar-refractivity contribution in [2.45, 2.75) is 0 Å². The Kier molecular flexibility index (Phi) is 3.86. The quantitative estimate of drug-likeness (QED) is 0.806. The Hall–Kier alpha value is -2.60. The Morgan fingerprint density at radius 3 is 2.65 bits per heavy atom. The molecule has 2 rings (SSSR count). The minimum atomic E-state index is -1.20. The van der Waals surface area contributed by atoms with E-state index >= 15 is 0 Å². The van der Waals surface area contributed by atoms with Gasteiger partial charge in [-0.3, -0.25) is 4.79 Å². The molecule has 0 bridgehead atoms. The summed E-state index contributed by atoms with van der Waals surface area (Å²) in [6, 6.07) is 6.70. The van der Waals surface area contributed by atoms with Crippen LogP contribution in [-0.2, 0) is 0 Å². The van der Waals surface area contributed by atoms with Crippen LogP contribution in [0.3, 0.4) is 0 Å². The average molecular weight is 293 g/mol. The molecule has 6 nitrogen and oxygen atoms in total. The van der Waals surface area contributed by atoms with Crippen molar-refractivity contribution in [1.82, 2.24) is 4.98 Å². The first-order valence-corrected chi connectivity index (χ1v) is 5.84. The van der Waals surface area contributed by atoms with Crippen LogP contribution >= 0.6 is 11.6 Å². The van der Waals surface area contributed by atoms with Gasteiger partial charge in [0.2, 0.25) is 0 Å². The van der Waals surface area contributed by atoms with Gasteiger partial charge in [0.1, 0.15) is 11.4 Å². The van der Waals surface area contributed by atoms with Crippen LogP contribution in [0.4, 0.5) is 5.69 Å². The zero-order chi connectivity index (χ0) is 14.7. The number of amides is 1. The summed E-state index contributed by atoms with van der Waals surface area (Å²) in [5, 5.41) is 21.2. The van der Waals surface area contributed by atoms with Crippen molar-refractivity contribution in [3.8, 4) is 5.75 Å². The normalized spacial score (nSPS) is 10.1. The van der Waals surface area contributed by atoms with Crippen molar-refractivity contribution in [1.29, 1.82) is 0 Å². The summed E-state index contributed by atoms with van der Waals surface area (Å²) in [5.74, 6) is -2.03. The maximum atomic E-state index is 12.0. The fraction of sp³-hybridized carbons (Fsp3) is 0. The number of carbonyl (C=O) groups is 2. The van der Waals surface area contributed by atoms with E-state index < -0.39 is 11.9 Å². The van der Waals surface area contributed by atoms with Crippen molar-refractivity contribution in [2.24, 2.45) is 0 Å². The molecule has 0 fully saturated rings. The van der Waals surface area contributed by atoms with E-state index in [0.29, 0.717) is 5.02 Å². The van der Waals surface area contributed by atoms with Crippen LogP contribution in [0.2, 0.25) is 5.02 Å². The predicted molar refractivity (Wildman–Crippen MR) is 72.3 cm³/mol. The summed E-state index contributed by atoms with van der Waals surface area (Å²) < 4.78 is 0. The van der Waals surface area contributed by atoms with Crippen LogP contribution in [0.15, 0.2) is 36.5 Å². The standard InChI is InChI=1S/C13H9ClN2O4/c14-7-1-2-11(17)9(5-7)12(18)16-8-3-4-15-10(6-8)13(19)20/h1-6,17H,(H,19,20)(H,15,16,18). The number of aromatic carboxylic acids is 1. The average Bonchev–Trinajstić information content (AvgIpc) is 2.41. The fourth-order valence-corrected chi connectivity index (χ4v) is 1.69. The van der Waals surface area contributed by atoms with Gasteiger partial charge in [0.15, 0.2) is 0 Å². The summed E-state index contributed by atoms with van der Waals surface area (Å²) in [6.07, 6.45) is 1.26. The number of carboxylic acids is 1. The molecule has 20 heavy (non-hydrogen) atoms. The molecule has 0 aliphatic carbocycles. The van der Waals surface area contributed by atoms with Crippen molar-refractivity contribution >= 4 is 29.2 Å². The molecule has 0 unspecified atom stereocenters. The van der Waals surface area contributed by atoms with Crippen LogP contribution in [0.25, 0.3) is 0 Å². The molecule has 102 valence electrons. The van der Waals surface area contributed by atoms with Gasteiger partial charge >= 0.3 is 5.97 Å². The third-order valence-corrected chi connectivity index (χ3v) is 2.68. The van der Waals surface area contributed by atoms with Gasteiger partial charge in [-0.05, 0) is 30.3 Å². The van der Waals surface area contributed by atoms with E-state index in [1.807, 2.05) is 0 Å². The lowest BCUT2D eigenvalue weighted by molar-refractivity contribution is 0.0690. The lowest BCUT2D eigenvalue weighted by Crippen LogP contribution is -2.13. The van der Waals surface area contributed by atoms with Gasteiger partial charge in [0.05, 0.1) is 5.56 Å². The molecule has 0 saturated heterocycles. The Morgan fingerprint density at radius 2 is 1.95 bits per heavy atom. The second-order valence-electron chi connectivity index (χ2n) is 3.85. The summed E-state index contributed by atoms with van der Waals surface area (Å²) in [4.78, 5) is 26.4. The number of hydrogen-bond acceptors (Lipinski definition) is 4. The SMILES string of the molecule is O=C(O)c1cc(NC(=O)c2cc(Cl)ccc2O)ccn1. The number of aromatic nitrogens is 1. The maximum absolute atomic E-state index is 12.0. The van der Waals surface area contributed by atoms with Crippen LogP contribution in [0.5, 0.6) is 5.75 Å². The van der Waals surface area contributed by atoms with Crippen molar-refractivity contribution in [3.63, 3.8) is 0 Å². The first-order valence-electron chi connectivity index (χ1n) is 5.46. The topological polar surface area (TPSA) is 99.5 Å². The number of hydrogen-bond donors (Lipinski definition) is 3. The number of benzene rings is 1. The maximum Gasteiger partial charge on any atom is 0.354 e. The van der Waals surface area contributed by atoms with Crippen LogP contribution in [-0.4, -0.2) is 27.1 Å². The Balaban J connectivity index is 2.25. The Morgan fingerprint density at radius 1 is 1.20 bits per heavy atom. The van der Waals surface area contributed by atoms with Gasteiger partial charge in [-0.15, -0.1) is 0 Å².